The molecule has 1 atom stereocenters. The van der Waals surface area contributed by atoms with Crippen LogP contribution in [0.5, 0.6) is 0 Å². The number of fused-ring (bicyclic) bond motifs is 1. The Bertz CT molecular complexity index is 542. The molecule has 0 bridgehead atoms. The fourth-order valence-electron chi connectivity index (χ4n) is 2.49. The Morgan fingerprint density at radius 1 is 1.45 bits per heavy atom. The SMILES string of the molecule is CCCC(C)(NC(=O)c1ccc2c(c1)CCN2)C(=O)O. The lowest BCUT2D eigenvalue weighted by atomic mass is 9.95. The van der Waals surface area contributed by atoms with Gasteiger partial charge >= 0.3 is 5.97 Å². The summed E-state index contributed by atoms with van der Waals surface area (Å²) in [5.74, 6) is -1.34. The first-order valence-corrected chi connectivity index (χ1v) is 6.89. The number of hydrogen-bond acceptors (Lipinski definition) is 3. The number of anilines is 1. The summed E-state index contributed by atoms with van der Waals surface area (Å²) >= 11 is 0. The average molecular weight is 276 g/mol. The van der Waals surface area contributed by atoms with Crippen molar-refractivity contribution >= 4 is 17.6 Å². The van der Waals surface area contributed by atoms with Gasteiger partial charge in [0.25, 0.3) is 5.91 Å². The second-order valence-electron chi connectivity index (χ2n) is 5.39. The molecule has 1 aromatic carbocycles. The molecule has 20 heavy (non-hydrogen) atoms. The number of amides is 1. The standard InChI is InChI=1S/C15H20N2O3/c1-3-7-15(2,14(19)20)17-13(18)11-4-5-12-10(9-11)6-8-16-12/h4-5,9,16H,3,6-8H2,1-2H3,(H,17,18)(H,19,20). The van der Waals surface area contributed by atoms with Crippen molar-refractivity contribution in [2.75, 3.05) is 11.9 Å². The third-order valence-corrected chi connectivity index (χ3v) is 3.69. The molecule has 0 spiro atoms. The van der Waals surface area contributed by atoms with E-state index in [2.05, 4.69) is 10.6 Å². The van der Waals surface area contributed by atoms with E-state index in [-0.39, 0.29) is 5.91 Å². The Kier molecular flexibility index (Phi) is 3.97. The van der Waals surface area contributed by atoms with Crippen LogP contribution in [0, 0.1) is 0 Å². The zero-order valence-corrected chi connectivity index (χ0v) is 11.8. The molecular formula is C15H20N2O3. The van der Waals surface area contributed by atoms with Crippen molar-refractivity contribution in [3.63, 3.8) is 0 Å². The minimum atomic E-state index is -1.22. The average Bonchev–Trinajstić information content (AvgIpc) is 2.85. The lowest BCUT2D eigenvalue weighted by molar-refractivity contribution is -0.144. The van der Waals surface area contributed by atoms with E-state index in [0.29, 0.717) is 18.4 Å². The zero-order valence-electron chi connectivity index (χ0n) is 11.8. The molecule has 5 heteroatoms. The summed E-state index contributed by atoms with van der Waals surface area (Å²) in [7, 11) is 0. The summed E-state index contributed by atoms with van der Waals surface area (Å²) < 4.78 is 0. The molecule has 1 heterocycles. The van der Waals surface area contributed by atoms with Crippen molar-refractivity contribution in [1.29, 1.82) is 0 Å². The van der Waals surface area contributed by atoms with E-state index in [9.17, 15) is 14.7 Å². The van der Waals surface area contributed by atoms with Crippen LogP contribution in [0.15, 0.2) is 18.2 Å². The molecule has 0 radical (unpaired) electrons. The summed E-state index contributed by atoms with van der Waals surface area (Å²) in [6, 6.07) is 5.43. The van der Waals surface area contributed by atoms with Gasteiger partial charge in [-0.2, -0.15) is 0 Å². The number of carbonyl (C=O) groups is 2. The van der Waals surface area contributed by atoms with Crippen LogP contribution >= 0.6 is 0 Å². The van der Waals surface area contributed by atoms with Crippen molar-refractivity contribution in [1.82, 2.24) is 5.32 Å². The van der Waals surface area contributed by atoms with Gasteiger partial charge in [0, 0.05) is 17.8 Å². The van der Waals surface area contributed by atoms with Gasteiger partial charge in [0.15, 0.2) is 0 Å². The predicted octanol–water partition coefficient (Wildman–Crippen LogP) is 2.03. The van der Waals surface area contributed by atoms with Crippen LogP contribution in [-0.4, -0.2) is 29.1 Å². The first-order valence-electron chi connectivity index (χ1n) is 6.89. The second kappa shape index (κ2) is 5.53. The monoisotopic (exact) mass is 276 g/mol. The number of aliphatic carboxylic acids is 1. The minimum absolute atomic E-state index is 0.335. The Morgan fingerprint density at radius 3 is 2.85 bits per heavy atom. The third kappa shape index (κ3) is 2.76. The van der Waals surface area contributed by atoms with E-state index in [1.165, 1.54) is 0 Å². The number of benzene rings is 1. The largest absolute Gasteiger partial charge is 0.480 e. The Morgan fingerprint density at radius 2 is 2.20 bits per heavy atom. The highest BCUT2D eigenvalue weighted by molar-refractivity contribution is 5.98. The first kappa shape index (κ1) is 14.4. The summed E-state index contributed by atoms with van der Waals surface area (Å²) in [4.78, 5) is 23.6. The maximum absolute atomic E-state index is 12.2. The molecule has 1 aromatic rings. The molecule has 1 unspecified atom stereocenters. The number of nitrogens with one attached hydrogen (secondary N) is 2. The fourth-order valence-corrected chi connectivity index (χ4v) is 2.49. The smallest absolute Gasteiger partial charge is 0.329 e. The van der Waals surface area contributed by atoms with E-state index in [0.717, 1.165) is 24.2 Å². The van der Waals surface area contributed by atoms with Gasteiger partial charge < -0.3 is 15.7 Å². The van der Waals surface area contributed by atoms with Crippen LogP contribution in [0.4, 0.5) is 5.69 Å². The fraction of sp³-hybridized carbons (Fsp3) is 0.467. The van der Waals surface area contributed by atoms with Gasteiger partial charge in [-0.25, -0.2) is 4.79 Å². The van der Waals surface area contributed by atoms with Crippen molar-refractivity contribution in [2.24, 2.45) is 0 Å². The van der Waals surface area contributed by atoms with Crippen LogP contribution in [-0.2, 0) is 11.2 Å². The van der Waals surface area contributed by atoms with E-state index < -0.39 is 11.5 Å². The molecule has 1 amide bonds. The zero-order chi connectivity index (χ0) is 14.8. The van der Waals surface area contributed by atoms with Crippen LogP contribution in [0.1, 0.15) is 42.6 Å². The van der Waals surface area contributed by atoms with Crippen LogP contribution in [0.25, 0.3) is 0 Å². The second-order valence-corrected chi connectivity index (χ2v) is 5.39. The highest BCUT2D eigenvalue weighted by atomic mass is 16.4. The van der Waals surface area contributed by atoms with E-state index in [1.807, 2.05) is 19.1 Å². The third-order valence-electron chi connectivity index (χ3n) is 3.69. The van der Waals surface area contributed by atoms with Crippen molar-refractivity contribution in [2.45, 2.75) is 38.6 Å². The number of rotatable bonds is 5. The Hall–Kier alpha value is -2.04. The lowest BCUT2D eigenvalue weighted by Gasteiger charge is -2.25. The molecule has 2 rings (SSSR count). The number of hydrogen-bond donors (Lipinski definition) is 3. The highest BCUT2D eigenvalue weighted by Crippen LogP contribution is 2.23. The van der Waals surface area contributed by atoms with Gasteiger partial charge in [-0.15, -0.1) is 0 Å². The molecule has 1 aliphatic heterocycles. The molecular weight excluding hydrogens is 256 g/mol. The van der Waals surface area contributed by atoms with Gasteiger partial charge in [0.1, 0.15) is 5.54 Å². The number of carboxylic acids is 1. The van der Waals surface area contributed by atoms with Crippen molar-refractivity contribution in [3.05, 3.63) is 29.3 Å². The summed E-state index contributed by atoms with van der Waals surface area (Å²) in [5.41, 5.74) is 1.45. The molecule has 0 fully saturated rings. The van der Waals surface area contributed by atoms with Crippen LogP contribution in [0.3, 0.4) is 0 Å². The summed E-state index contributed by atoms with van der Waals surface area (Å²) in [5, 5.41) is 15.2. The molecule has 0 aromatic heterocycles. The topological polar surface area (TPSA) is 78.4 Å². The number of carboxylic acid groups (broad SMARTS) is 1. The molecule has 5 nitrogen and oxygen atoms in total. The van der Waals surface area contributed by atoms with E-state index in [1.54, 1.807) is 13.0 Å². The molecule has 0 saturated carbocycles. The highest BCUT2D eigenvalue weighted by Gasteiger charge is 2.34. The molecule has 108 valence electrons. The molecule has 1 aliphatic rings. The predicted molar refractivity (Wildman–Crippen MR) is 77.1 cm³/mol. The van der Waals surface area contributed by atoms with Crippen molar-refractivity contribution < 1.29 is 14.7 Å². The Labute approximate surface area is 118 Å². The summed E-state index contributed by atoms with van der Waals surface area (Å²) in [6.07, 6.45) is 1.99. The van der Waals surface area contributed by atoms with Crippen LogP contribution < -0.4 is 10.6 Å². The lowest BCUT2D eigenvalue weighted by Crippen LogP contribution is -2.52. The maximum atomic E-state index is 12.2. The minimum Gasteiger partial charge on any atom is -0.480 e. The van der Waals surface area contributed by atoms with Crippen molar-refractivity contribution in [3.8, 4) is 0 Å². The first-order chi connectivity index (χ1) is 9.46. The van der Waals surface area contributed by atoms with Gasteiger partial charge in [-0.3, -0.25) is 4.79 Å². The maximum Gasteiger partial charge on any atom is 0.329 e. The molecule has 3 N–H and O–H groups in total. The van der Waals surface area contributed by atoms with Gasteiger partial charge in [0.2, 0.25) is 0 Å². The molecule has 0 saturated heterocycles. The van der Waals surface area contributed by atoms with Crippen LogP contribution in [0.2, 0.25) is 0 Å². The quantitative estimate of drug-likeness (QED) is 0.769. The normalized spacial score (nSPS) is 15.9. The number of carbonyl (C=O) groups excluding carboxylic acids is 1. The van der Waals surface area contributed by atoms with E-state index >= 15 is 0 Å². The summed E-state index contributed by atoms with van der Waals surface area (Å²) in [6.45, 7) is 4.32. The van der Waals surface area contributed by atoms with Gasteiger partial charge in [-0.1, -0.05) is 13.3 Å². The van der Waals surface area contributed by atoms with E-state index in [4.69, 9.17) is 0 Å². The van der Waals surface area contributed by atoms with Gasteiger partial charge in [-0.05, 0) is 43.5 Å². The molecule has 0 aliphatic carbocycles. The van der Waals surface area contributed by atoms with Gasteiger partial charge in [0.05, 0.1) is 0 Å². The Balaban J connectivity index is 2.17.